The van der Waals surface area contributed by atoms with Crippen LogP contribution >= 0.6 is 11.3 Å². The lowest BCUT2D eigenvalue weighted by atomic mass is 10.0. The van der Waals surface area contributed by atoms with Crippen molar-refractivity contribution in [2.24, 2.45) is 7.05 Å². The predicted molar refractivity (Wildman–Crippen MR) is 93.4 cm³/mol. The minimum absolute atomic E-state index is 0.579. The van der Waals surface area contributed by atoms with Gasteiger partial charge in [-0.2, -0.15) is 5.10 Å². The van der Waals surface area contributed by atoms with Crippen LogP contribution in [0, 0.1) is 6.92 Å². The first-order valence-electron chi connectivity index (χ1n) is 8.59. The first kappa shape index (κ1) is 15.4. The molecule has 23 heavy (non-hydrogen) atoms. The Bertz CT molecular complexity index is 641. The molecule has 4 heterocycles. The number of aromatic nitrogens is 3. The molecule has 2 aliphatic rings. The zero-order valence-corrected chi connectivity index (χ0v) is 14.8. The number of ether oxygens (including phenoxy) is 1. The first-order valence-corrected chi connectivity index (χ1v) is 9.41. The van der Waals surface area contributed by atoms with Crippen LogP contribution in [0.4, 0.5) is 5.13 Å². The Morgan fingerprint density at radius 1 is 1.22 bits per heavy atom. The molecule has 2 fully saturated rings. The second-order valence-electron chi connectivity index (χ2n) is 6.61. The number of anilines is 1. The third kappa shape index (κ3) is 2.97. The fraction of sp³-hybridized carbons (Fsp3) is 0.750. The third-order valence-corrected chi connectivity index (χ3v) is 6.17. The monoisotopic (exact) mass is 335 g/mol. The van der Waals surface area contributed by atoms with Crippen LogP contribution in [0.2, 0.25) is 0 Å². The molecule has 0 bridgehead atoms. The van der Waals surface area contributed by atoms with Crippen molar-refractivity contribution in [1.29, 1.82) is 0 Å². The summed E-state index contributed by atoms with van der Waals surface area (Å²) in [4.78, 5) is 9.99. The van der Waals surface area contributed by atoms with E-state index in [2.05, 4.69) is 21.8 Å². The van der Waals surface area contributed by atoms with E-state index < -0.39 is 0 Å². The van der Waals surface area contributed by atoms with Gasteiger partial charge in [0, 0.05) is 39.3 Å². The molecule has 1 unspecified atom stereocenters. The van der Waals surface area contributed by atoms with Gasteiger partial charge in [0.1, 0.15) is 0 Å². The van der Waals surface area contributed by atoms with Gasteiger partial charge in [0.05, 0.1) is 23.6 Å². The molecule has 7 heteroatoms. The van der Waals surface area contributed by atoms with Crippen molar-refractivity contribution in [3.05, 3.63) is 5.69 Å². The van der Waals surface area contributed by atoms with E-state index in [0.717, 1.165) is 50.7 Å². The Labute approximate surface area is 141 Å². The molecule has 4 rings (SSSR count). The Kier molecular flexibility index (Phi) is 4.26. The fourth-order valence-corrected chi connectivity index (χ4v) is 4.85. The van der Waals surface area contributed by atoms with E-state index in [1.165, 1.54) is 29.1 Å². The summed E-state index contributed by atoms with van der Waals surface area (Å²) in [6, 6.07) is 0.579. The lowest BCUT2D eigenvalue weighted by Crippen LogP contribution is -2.49. The van der Waals surface area contributed by atoms with Crippen LogP contribution in [0.25, 0.3) is 10.3 Å². The minimum Gasteiger partial charge on any atom is -0.379 e. The Morgan fingerprint density at radius 2 is 2.04 bits per heavy atom. The summed E-state index contributed by atoms with van der Waals surface area (Å²) in [6.07, 6.45) is 3.87. The number of fused-ring (bicyclic) bond motifs is 1. The van der Waals surface area contributed by atoms with Crippen molar-refractivity contribution in [3.63, 3.8) is 0 Å². The summed E-state index contributed by atoms with van der Waals surface area (Å²) in [5.41, 5.74) is 2.12. The maximum atomic E-state index is 5.48. The van der Waals surface area contributed by atoms with Crippen molar-refractivity contribution in [2.75, 3.05) is 44.3 Å². The average molecular weight is 335 g/mol. The Morgan fingerprint density at radius 3 is 2.83 bits per heavy atom. The predicted octanol–water partition coefficient (Wildman–Crippen LogP) is 2.03. The molecule has 0 aromatic carbocycles. The van der Waals surface area contributed by atoms with Crippen LogP contribution in [-0.4, -0.2) is 65.1 Å². The van der Waals surface area contributed by atoms with Crippen LogP contribution in [0.1, 0.15) is 25.0 Å². The molecule has 0 aliphatic carbocycles. The Balaban J connectivity index is 1.56. The zero-order chi connectivity index (χ0) is 15.8. The number of aryl methyl sites for hydroxylation is 2. The number of thiazole rings is 1. The zero-order valence-electron chi connectivity index (χ0n) is 14.0. The number of rotatable bonds is 3. The summed E-state index contributed by atoms with van der Waals surface area (Å²) >= 11 is 1.81. The van der Waals surface area contributed by atoms with Gasteiger partial charge in [0.25, 0.3) is 0 Å². The van der Waals surface area contributed by atoms with Crippen LogP contribution in [0.5, 0.6) is 0 Å². The first-order chi connectivity index (χ1) is 11.2. The summed E-state index contributed by atoms with van der Waals surface area (Å²) in [5, 5.41) is 5.65. The number of nitrogens with zero attached hydrogens (tertiary/aromatic N) is 5. The van der Waals surface area contributed by atoms with Gasteiger partial charge in [-0.05, 0) is 26.2 Å². The quantitative estimate of drug-likeness (QED) is 0.859. The number of hydrogen-bond donors (Lipinski definition) is 0. The van der Waals surface area contributed by atoms with E-state index in [0.29, 0.717) is 6.04 Å². The van der Waals surface area contributed by atoms with Crippen molar-refractivity contribution >= 4 is 26.8 Å². The highest BCUT2D eigenvalue weighted by molar-refractivity contribution is 7.22. The smallest absolute Gasteiger partial charge is 0.188 e. The fourth-order valence-electron chi connectivity index (χ4n) is 3.72. The summed E-state index contributed by atoms with van der Waals surface area (Å²) < 4.78 is 8.62. The lowest BCUT2D eigenvalue weighted by Gasteiger charge is -2.39. The van der Waals surface area contributed by atoms with Crippen LogP contribution in [0.3, 0.4) is 0 Å². The molecule has 0 spiro atoms. The molecule has 2 aromatic rings. The molecule has 6 nitrogen and oxygen atoms in total. The van der Waals surface area contributed by atoms with Crippen LogP contribution in [-0.2, 0) is 11.8 Å². The van der Waals surface area contributed by atoms with Gasteiger partial charge in [0.2, 0.25) is 0 Å². The van der Waals surface area contributed by atoms with Gasteiger partial charge in [-0.15, -0.1) is 0 Å². The summed E-state index contributed by atoms with van der Waals surface area (Å²) in [7, 11) is 1.99. The lowest BCUT2D eigenvalue weighted by molar-refractivity contribution is 0.0338. The number of hydrogen-bond acceptors (Lipinski definition) is 6. The maximum Gasteiger partial charge on any atom is 0.188 e. The van der Waals surface area contributed by atoms with Gasteiger partial charge < -0.3 is 9.64 Å². The second-order valence-corrected chi connectivity index (χ2v) is 7.59. The van der Waals surface area contributed by atoms with E-state index in [9.17, 15) is 0 Å². The van der Waals surface area contributed by atoms with E-state index in [4.69, 9.17) is 9.72 Å². The average Bonchev–Trinajstić information content (AvgIpc) is 3.11. The molecule has 126 valence electrons. The minimum atomic E-state index is 0.579. The number of morpholine rings is 1. The molecule has 1 atom stereocenters. The second kappa shape index (κ2) is 6.37. The molecule has 2 saturated heterocycles. The molecule has 0 radical (unpaired) electrons. The standard InChI is InChI=1S/C16H25N5OS/c1-12-14-15(19(2)18-12)17-16(23-14)21-6-4-3-5-13(21)11-20-7-9-22-10-8-20/h13H,3-11H2,1-2H3. The van der Waals surface area contributed by atoms with Gasteiger partial charge in [-0.3, -0.25) is 4.90 Å². The van der Waals surface area contributed by atoms with Crippen molar-refractivity contribution < 1.29 is 4.74 Å². The third-order valence-electron chi connectivity index (χ3n) is 4.98. The topological polar surface area (TPSA) is 46.4 Å². The molecule has 2 aromatic heterocycles. The van der Waals surface area contributed by atoms with Gasteiger partial charge in [0.15, 0.2) is 10.8 Å². The van der Waals surface area contributed by atoms with E-state index in [1.54, 1.807) is 11.3 Å². The van der Waals surface area contributed by atoms with Crippen LogP contribution < -0.4 is 4.90 Å². The molecule has 2 aliphatic heterocycles. The van der Waals surface area contributed by atoms with Gasteiger partial charge >= 0.3 is 0 Å². The van der Waals surface area contributed by atoms with Gasteiger partial charge in [-0.1, -0.05) is 11.3 Å². The van der Waals surface area contributed by atoms with Crippen molar-refractivity contribution in [1.82, 2.24) is 19.7 Å². The molecule has 0 N–H and O–H groups in total. The number of piperidine rings is 1. The van der Waals surface area contributed by atoms with E-state index in [1.807, 2.05) is 11.7 Å². The molecule has 0 saturated carbocycles. The van der Waals surface area contributed by atoms with E-state index >= 15 is 0 Å². The molecular formula is C16H25N5OS. The molecular weight excluding hydrogens is 310 g/mol. The SMILES string of the molecule is Cc1nn(C)c2nc(N3CCCCC3CN3CCOCC3)sc12. The molecule has 0 amide bonds. The van der Waals surface area contributed by atoms with Crippen molar-refractivity contribution in [2.45, 2.75) is 32.2 Å². The van der Waals surface area contributed by atoms with Crippen LogP contribution in [0.15, 0.2) is 0 Å². The maximum absolute atomic E-state index is 5.48. The highest BCUT2D eigenvalue weighted by Gasteiger charge is 2.28. The van der Waals surface area contributed by atoms with E-state index in [-0.39, 0.29) is 0 Å². The van der Waals surface area contributed by atoms with Crippen molar-refractivity contribution in [3.8, 4) is 0 Å². The summed E-state index contributed by atoms with van der Waals surface area (Å²) in [6.45, 7) is 8.21. The van der Waals surface area contributed by atoms with Gasteiger partial charge in [-0.25, -0.2) is 9.67 Å². The highest BCUT2D eigenvalue weighted by atomic mass is 32.1. The summed E-state index contributed by atoms with van der Waals surface area (Å²) in [5.74, 6) is 0. The Hall–Kier alpha value is -1.18. The normalized spacial score (nSPS) is 23.7. The highest BCUT2D eigenvalue weighted by Crippen LogP contribution is 2.34. The largest absolute Gasteiger partial charge is 0.379 e.